The van der Waals surface area contributed by atoms with Crippen LogP contribution >= 0.6 is 11.3 Å². The van der Waals surface area contributed by atoms with Crippen LogP contribution in [0.1, 0.15) is 12.6 Å². The van der Waals surface area contributed by atoms with Crippen LogP contribution in [0.3, 0.4) is 0 Å². The first-order valence-corrected chi connectivity index (χ1v) is 6.76. The van der Waals surface area contributed by atoms with Crippen LogP contribution in [0.4, 0.5) is 0 Å². The Bertz CT molecular complexity index is 476. The number of rotatable bonds is 6. The molecule has 2 aromatic heterocycles. The summed E-state index contributed by atoms with van der Waals surface area (Å²) in [5.74, 6) is 0. The van der Waals surface area contributed by atoms with Gasteiger partial charge in [0.1, 0.15) is 0 Å². The summed E-state index contributed by atoms with van der Waals surface area (Å²) in [5.41, 5.74) is 0.536. The van der Waals surface area contributed by atoms with Gasteiger partial charge in [-0.05, 0) is 7.05 Å². The van der Waals surface area contributed by atoms with E-state index in [2.05, 4.69) is 9.88 Å². The van der Waals surface area contributed by atoms with Gasteiger partial charge in [-0.2, -0.15) is 0 Å². The Kier molecular flexibility index (Phi) is 4.01. The van der Waals surface area contributed by atoms with Crippen molar-refractivity contribution in [2.24, 2.45) is 5.41 Å². The van der Waals surface area contributed by atoms with Gasteiger partial charge in [0.15, 0.2) is 4.96 Å². The van der Waals surface area contributed by atoms with Gasteiger partial charge in [-0.25, -0.2) is 4.98 Å². The first-order chi connectivity index (χ1) is 8.56. The summed E-state index contributed by atoms with van der Waals surface area (Å²) in [7, 11) is 1.97. The monoisotopic (exact) mass is 269 g/mol. The van der Waals surface area contributed by atoms with Gasteiger partial charge in [-0.3, -0.25) is 9.30 Å². The lowest BCUT2D eigenvalue weighted by molar-refractivity contribution is 0.0399. The molecule has 5 nitrogen and oxygen atoms in total. The molecule has 0 spiro atoms. The van der Waals surface area contributed by atoms with Gasteiger partial charge in [-0.1, -0.05) is 6.92 Å². The first kappa shape index (κ1) is 13.5. The van der Waals surface area contributed by atoms with Crippen molar-refractivity contribution in [3.63, 3.8) is 0 Å². The minimum atomic E-state index is -0.466. The number of hydrogen-bond donors (Lipinski definition) is 2. The Labute approximate surface area is 110 Å². The van der Waals surface area contributed by atoms with Crippen LogP contribution in [0.2, 0.25) is 0 Å². The Morgan fingerprint density at radius 3 is 2.78 bits per heavy atom. The summed E-state index contributed by atoms with van der Waals surface area (Å²) in [6.07, 6.45) is 4.00. The van der Waals surface area contributed by atoms with Gasteiger partial charge >= 0.3 is 0 Å². The van der Waals surface area contributed by atoms with Crippen molar-refractivity contribution in [1.82, 2.24) is 14.3 Å². The lowest BCUT2D eigenvalue weighted by Gasteiger charge is -2.29. The maximum absolute atomic E-state index is 9.28. The highest BCUT2D eigenvalue weighted by molar-refractivity contribution is 7.15. The minimum Gasteiger partial charge on any atom is -0.396 e. The van der Waals surface area contributed by atoms with Crippen molar-refractivity contribution >= 4 is 16.3 Å². The molecule has 0 unspecified atom stereocenters. The lowest BCUT2D eigenvalue weighted by atomic mass is 9.92. The zero-order valence-corrected chi connectivity index (χ0v) is 11.5. The van der Waals surface area contributed by atoms with E-state index < -0.39 is 5.41 Å². The maximum Gasteiger partial charge on any atom is 0.193 e. The van der Waals surface area contributed by atoms with E-state index in [1.807, 2.05) is 36.1 Å². The van der Waals surface area contributed by atoms with Crippen molar-refractivity contribution in [1.29, 1.82) is 0 Å². The minimum absolute atomic E-state index is 0.0217. The molecule has 0 aliphatic rings. The molecule has 0 saturated carbocycles. The average molecular weight is 269 g/mol. The fraction of sp³-hybridized carbons (Fsp3) is 0.583. The predicted molar refractivity (Wildman–Crippen MR) is 71.7 cm³/mol. The van der Waals surface area contributed by atoms with E-state index >= 15 is 0 Å². The molecule has 0 aliphatic heterocycles. The number of aliphatic hydroxyl groups excluding tert-OH is 2. The third kappa shape index (κ3) is 2.89. The van der Waals surface area contributed by atoms with Crippen LogP contribution in [0.15, 0.2) is 17.8 Å². The third-order valence-corrected chi connectivity index (χ3v) is 3.76. The summed E-state index contributed by atoms with van der Waals surface area (Å²) in [6, 6.07) is 0. The molecule has 0 amide bonds. The Morgan fingerprint density at radius 1 is 1.44 bits per heavy atom. The summed E-state index contributed by atoms with van der Waals surface area (Å²) in [4.78, 5) is 7.57. The molecule has 0 aromatic carbocycles. The van der Waals surface area contributed by atoms with E-state index in [1.54, 1.807) is 11.3 Å². The molecule has 6 heteroatoms. The van der Waals surface area contributed by atoms with E-state index in [-0.39, 0.29) is 13.2 Å². The zero-order valence-electron chi connectivity index (χ0n) is 10.7. The van der Waals surface area contributed by atoms with Crippen LogP contribution in [0, 0.1) is 5.41 Å². The second-order valence-electron chi connectivity index (χ2n) is 5.12. The van der Waals surface area contributed by atoms with E-state index in [1.165, 1.54) is 0 Å². The fourth-order valence-electron chi connectivity index (χ4n) is 1.99. The van der Waals surface area contributed by atoms with E-state index in [9.17, 15) is 10.2 Å². The SMILES string of the molecule is CN(Cc1cn2ccsc2n1)CC(C)(CO)CO. The molecule has 100 valence electrons. The van der Waals surface area contributed by atoms with Crippen molar-refractivity contribution < 1.29 is 10.2 Å². The molecule has 18 heavy (non-hydrogen) atoms. The van der Waals surface area contributed by atoms with E-state index in [0.717, 1.165) is 10.7 Å². The van der Waals surface area contributed by atoms with E-state index in [4.69, 9.17) is 0 Å². The number of fused-ring (bicyclic) bond motifs is 1. The van der Waals surface area contributed by atoms with Crippen molar-refractivity contribution in [3.05, 3.63) is 23.5 Å². The summed E-state index contributed by atoms with van der Waals surface area (Å²) >= 11 is 1.61. The molecule has 0 bridgehead atoms. The van der Waals surface area contributed by atoms with Crippen molar-refractivity contribution in [2.75, 3.05) is 26.8 Å². The van der Waals surface area contributed by atoms with Gasteiger partial charge in [-0.15, -0.1) is 11.3 Å². The van der Waals surface area contributed by atoms with Crippen LogP contribution in [0.25, 0.3) is 4.96 Å². The van der Waals surface area contributed by atoms with Crippen LogP contribution in [0.5, 0.6) is 0 Å². The third-order valence-electron chi connectivity index (χ3n) is 2.99. The average Bonchev–Trinajstić information content (AvgIpc) is 2.89. The normalized spacial score (nSPS) is 12.7. The molecule has 0 fully saturated rings. The maximum atomic E-state index is 9.28. The predicted octanol–water partition coefficient (Wildman–Crippen LogP) is 0.819. The number of aliphatic hydroxyl groups is 2. The Hall–Kier alpha value is -0.950. The second-order valence-corrected chi connectivity index (χ2v) is 6.00. The van der Waals surface area contributed by atoms with Crippen LogP contribution < -0.4 is 0 Å². The quantitative estimate of drug-likeness (QED) is 0.815. The number of nitrogens with zero attached hydrogens (tertiary/aromatic N) is 3. The van der Waals surface area contributed by atoms with Crippen molar-refractivity contribution in [2.45, 2.75) is 13.5 Å². The highest BCUT2D eigenvalue weighted by Gasteiger charge is 2.24. The lowest BCUT2D eigenvalue weighted by Crippen LogP contribution is -2.38. The molecular weight excluding hydrogens is 250 g/mol. The van der Waals surface area contributed by atoms with Gasteiger partial charge in [0.25, 0.3) is 0 Å². The molecule has 2 heterocycles. The largest absolute Gasteiger partial charge is 0.396 e. The number of hydrogen-bond acceptors (Lipinski definition) is 5. The molecule has 2 N–H and O–H groups in total. The summed E-state index contributed by atoms with van der Waals surface area (Å²) < 4.78 is 2.01. The molecular formula is C12H19N3O2S. The van der Waals surface area contributed by atoms with Gasteiger partial charge in [0.2, 0.25) is 0 Å². The standard InChI is InChI=1S/C12H19N3O2S/c1-12(8-16,9-17)7-14(2)5-10-6-15-3-4-18-11(15)13-10/h3-4,6,16-17H,5,7-9H2,1-2H3. The van der Waals surface area contributed by atoms with Crippen molar-refractivity contribution in [3.8, 4) is 0 Å². The van der Waals surface area contributed by atoms with Gasteiger partial charge < -0.3 is 10.2 Å². The fourth-order valence-corrected chi connectivity index (χ4v) is 2.71. The first-order valence-electron chi connectivity index (χ1n) is 5.88. The highest BCUT2D eigenvalue weighted by atomic mass is 32.1. The van der Waals surface area contributed by atoms with Gasteiger partial charge in [0, 0.05) is 36.3 Å². The molecule has 2 aromatic rings. The highest BCUT2D eigenvalue weighted by Crippen LogP contribution is 2.17. The molecule has 0 aliphatic carbocycles. The van der Waals surface area contributed by atoms with Crippen LogP contribution in [-0.4, -0.2) is 51.3 Å². The molecule has 0 atom stereocenters. The zero-order chi connectivity index (χ0) is 13.2. The second kappa shape index (κ2) is 5.36. The number of imidazole rings is 1. The smallest absolute Gasteiger partial charge is 0.193 e. The molecule has 0 radical (unpaired) electrons. The Morgan fingerprint density at radius 2 is 2.17 bits per heavy atom. The number of aromatic nitrogens is 2. The van der Waals surface area contributed by atoms with Crippen LogP contribution in [-0.2, 0) is 6.54 Å². The summed E-state index contributed by atoms with van der Waals surface area (Å²) in [5, 5.41) is 20.6. The Balaban J connectivity index is 1.98. The molecule has 0 saturated heterocycles. The van der Waals surface area contributed by atoms with Gasteiger partial charge in [0.05, 0.1) is 18.9 Å². The summed E-state index contributed by atoms with van der Waals surface area (Å²) in [6.45, 7) is 3.17. The number of thiazole rings is 1. The van der Waals surface area contributed by atoms with E-state index in [0.29, 0.717) is 13.1 Å². The molecule has 2 rings (SSSR count). The topological polar surface area (TPSA) is 61.0 Å².